The molecule has 0 amide bonds. The molecule has 0 saturated heterocycles. The third-order valence-corrected chi connectivity index (χ3v) is 3.57. The van der Waals surface area contributed by atoms with Crippen LogP contribution in [0.1, 0.15) is 13.3 Å². The number of hydrogen-bond acceptors (Lipinski definition) is 0. The Morgan fingerprint density at radius 3 is 3.07 bits per heavy atom. The van der Waals surface area contributed by atoms with Crippen LogP contribution in [-0.2, 0) is 0 Å². The van der Waals surface area contributed by atoms with E-state index in [0.29, 0.717) is 5.41 Å². The molecule has 0 heterocycles. The Labute approximate surface area is 85.0 Å². The first-order valence-electron chi connectivity index (χ1n) is 5.19. The molecule has 0 aromatic rings. The second kappa shape index (κ2) is 2.38. The zero-order valence-corrected chi connectivity index (χ0v) is 8.46. The maximum absolute atomic E-state index is 4.05. The van der Waals surface area contributed by atoms with E-state index in [9.17, 15) is 0 Å². The van der Waals surface area contributed by atoms with E-state index >= 15 is 0 Å². The molecule has 1 saturated carbocycles. The van der Waals surface area contributed by atoms with Crippen molar-refractivity contribution in [2.24, 2.45) is 11.3 Å². The van der Waals surface area contributed by atoms with Crippen molar-refractivity contribution in [3.63, 3.8) is 0 Å². The van der Waals surface area contributed by atoms with Gasteiger partial charge in [0.15, 0.2) is 0 Å². The maximum Gasteiger partial charge on any atom is 0.0210 e. The molecule has 14 heavy (non-hydrogen) atoms. The van der Waals surface area contributed by atoms with Crippen molar-refractivity contribution in [2.75, 3.05) is 0 Å². The first-order valence-corrected chi connectivity index (χ1v) is 5.19. The van der Waals surface area contributed by atoms with Gasteiger partial charge in [0.2, 0.25) is 0 Å². The summed E-state index contributed by atoms with van der Waals surface area (Å²) in [4.78, 5) is 0. The molecular formula is C14H14. The van der Waals surface area contributed by atoms with Crippen LogP contribution < -0.4 is 0 Å². The average Bonchev–Trinajstić information content (AvgIpc) is 2.87. The van der Waals surface area contributed by atoms with E-state index in [1.54, 1.807) is 0 Å². The van der Waals surface area contributed by atoms with E-state index in [1.165, 1.54) is 23.1 Å². The minimum Gasteiger partial charge on any atom is -0.0955 e. The fourth-order valence-corrected chi connectivity index (χ4v) is 2.70. The highest BCUT2D eigenvalue weighted by Gasteiger charge is 2.55. The van der Waals surface area contributed by atoms with Crippen LogP contribution in [0.15, 0.2) is 59.8 Å². The third kappa shape index (κ3) is 0.836. The average molecular weight is 182 g/mol. The number of hydrogen-bond donors (Lipinski definition) is 0. The van der Waals surface area contributed by atoms with E-state index in [-0.39, 0.29) is 0 Å². The van der Waals surface area contributed by atoms with Crippen LogP contribution in [0.2, 0.25) is 0 Å². The van der Waals surface area contributed by atoms with Gasteiger partial charge in [-0.15, -0.1) is 0 Å². The predicted molar refractivity (Wildman–Crippen MR) is 59.8 cm³/mol. The summed E-state index contributed by atoms with van der Waals surface area (Å²) in [5, 5.41) is 0. The van der Waals surface area contributed by atoms with Gasteiger partial charge in [-0.2, -0.15) is 0 Å². The molecule has 0 heteroatoms. The lowest BCUT2D eigenvalue weighted by molar-refractivity contribution is 0.726. The summed E-state index contributed by atoms with van der Waals surface area (Å²) < 4.78 is 0. The van der Waals surface area contributed by atoms with Crippen LogP contribution in [0, 0.1) is 11.3 Å². The highest BCUT2D eigenvalue weighted by atomic mass is 14.6. The molecule has 3 aliphatic rings. The van der Waals surface area contributed by atoms with Crippen LogP contribution in [0.5, 0.6) is 0 Å². The summed E-state index contributed by atoms with van der Waals surface area (Å²) >= 11 is 0. The van der Waals surface area contributed by atoms with Crippen molar-refractivity contribution in [1.82, 2.24) is 0 Å². The first-order chi connectivity index (χ1) is 6.74. The van der Waals surface area contributed by atoms with Crippen molar-refractivity contribution in [2.45, 2.75) is 13.3 Å². The van der Waals surface area contributed by atoms with Crippen LogP contribution in [-0.4, -0.2) is 0 Å². The van der Waals surface area contributed by atoms with Gasteiger partial charge in [-0.3, -0.25) is 0 Å². The van der Waals surface area contributed by atoms with Gasteiger partial charge in [-0.25, -0.2) is 0 Å². The van der Waals surface area contributed by atoms with E-state index < -0.39 is 0 Å². The van der Waals surface area contributed by atoms with Crippen LogP contribution in [0.3, 0.4) is 0 Å². The van der Waals surface area contributed by atoms with Gasteiger partial charge < -0.3 is 0 Å². The molecular weight excluding hydrogens is 168 g/mol. The fraction of sp³-hybridized carbons (Fsp3) is 0.286. The van der Waals surface area contributed by atoms with Gasteiger partial charge in [0.1, 0.15) is 0 Å². The molecule has 1 spiro atoms. The van der Waals surface area contributed by atoms with Crippen molar-refractivity contribution < 1.29 is 0 Å². The van der Waals surface area contributed by atoms with E-state index in [1.807, 2.05) is 0 Å². The van der Waals surface area contributed by atoms with E-state index in [0.717, 1.165) is 5.92 Å². The molecule has 3 aliphatic carbocycles. The predicted octanol–water partition coefficient (Wildman–Crippen LogP) is 3.56. The van der Waals surface area contributed by atoms with Gasteiger partial charge in [-0.05, 0) is 30.4 Å². The minimum absolute atomic E-state index is 0.359. The molecule has 70 valence electrons. The summed E-state index contributed by atoms with van der Waals surface area (Å²) in [6, 6.07) is 0. The lowest BCUT2D eigenvalue weighted by Crippen LogP contribution is -2.12. The second-order valence-electron chi connectivity index (χ2n) is 4.54. The molecule has 2 atom stereocenters. The van der Waals surface area contributed by atoms with E-state index in [2.05, 4.69) is 50.0 Å². The largest absolute Gasteiger partial charge is 0.0955 e. The summed E-state index contributed by atoms with van der Waals surface area (Å²) in [5.74, 6) is 0.752. The van der Waals surface area contributed by atoms with Gasteiger partial charge in [-0.1, -0.05) is 48.6 Å². The van der Waals surface area contributed by atoms with Crippen LogP contribution >= 0.6 is 0 Å². The van der Waals surface area contributed by atoms with Gasteiger partial charge in [0.25, 0.3) is 0 Å². The highest BCUT2D eigenvalue weighted by molar-refractivity contribution is 5.60. The standard InChI is InChI=1S/C14H14/c1-10(2)12-6-4-8-14-9-11(14)5-3-7-13(12)14/h3-8,11H,1,9H2,2H3. The van der Waals surface area contributed by atoms with Gasteiger partial charge >= 0.3 is 0 Å². The second-order valence-corrected chi connectivity index (χ2v) is 4.54. The lowest BCUT2D eigenvalue weighted by Gasteiger charge is -2.25. The van der Waals surface area contributed by atoms with Gasteiger partial charge in [0.05, 0.1) is 0 Å². The fourth-order valence-electron chi connectivity index (χ4n) is 2.70. The number of rotatable bonds is 1. The first kappa shape index (κ1) is 8.05. The van der Waals surface area contributed by atoms with Crippen molar-refractivity contribution in [1.29, 1.82) is 0 Å². The molecule has 0 nitrogen and oxygen atoms in total. The molecule has 0 bridgehead atoms. The molecule has 3 rings (SSSR count). The smallest absolute Gasteiger partial charge is 0.0210 e. The minimum atomic E-state index is 0.359. The SMILES string of the molecule is C=C(C)C1=CC=CC23CC2C=CC=C13. The summed E-state index contributed by atoms with van der Waals surface area (Å²) in [6.45, 7) is 6.14. The Balaban J connectivity index is 2.14. The molecule has 0 aliphatic heterocycles. The molecule has 0 aromatic carbocycles. The normalized spacial score (nSPS) is 36.8. The van der Waals surface area contributed by atoms with Crippen LogP contribution in [0.4, 0.5) is 0 Å². The lowest BCUT2D eigenvalue weighted by atomic mass is 9.79. The maximum atomic E-state index is 4.05. The molecule has 0 radical (unpaired) electrons. The van der Waals surface area contributed by atoms with Gasteiger partial charge in [0, 0.05) is 5.41 Å². The monoisotopic (exact) mass is 182 g/mol. The van der Waals surface area contributed by atoms with Crippen molar-refractivity contribution >= 4 is 0 Å². The van der Waals surface area contributed by atoms with E-state index in [4.69, 9.17) is 0 Å². The summed E-state index contributed by atoms with van der Waals surface area (Å²) in [5.41, 5.74) is 4.37. The highest BCUT2D eigenvalue weighted by Crippen LogP contribution is 2.64. The quantitative estimate of drug-likeness (QED) is 0.581. The summed E-state index contributed by atoms with van der Waals surface area (Å²) in [7, 11) is 0. The molecule has 1 fully saturated rings. The van der Waals surface area contributed by atoms with Crippen molar-refractivity contribution in [3.05, 3.63) is 59.8 Å². The Morgan fingerprint density at radius 1 is 1.43 bits per heavy atom. The van der Waals surface area contributed by atoms with Crippen LogP contribution in [0.25, 0.3) is 0 Å². The Morgan fingerprint density at radius 2 is 2.29 bits per heavy atom. The summed E-state index contributed by atoms with van der Waals surface area (Å²) in [6.07, 6.45) is 14.8. The Bertz CT molecular complexity index is 429. The third-order valence-electron chi connectivity index (χ3n) is 3.57. The van der Waals surface area contributed by atoms with Crippen molar-refractivity contribution in [3.8, 4) is 0 Å². The number of allylic oxidation sites excluding steroid dienone is 9. The zero-order chi connectivity index (χ0) is 9.76. The zero-order valence-electron chi connectivity index (χ0n) is 8.46. The Hall–Kier alpha value is -1.30. The Kier molecular flexibility index (Phi) is 1.37. The molecule has 2 unspecified atom stereocenters. The molecule has 0 N–H and O–H groups in total. The topological polar surface area (TPSA) is 0 Å². The molecule has 0 aromatic heterocycles.